The largest absolute Gasteiger partial charge is 0.394 e. The third kappa shape index (κ3) is 13.8. The highest BCUT2D eigenvalue weighted by molar-refractivity contribution is 4.50. The molecule has 0 aliphatic carbocycles. The molecule has 0 aromatic heterocycles. The average molecular weight is 246 g/mol. The molecule has 0 aromatic rings. The van der Waals surface area contributed by atoms with Crippen LogP contribution in [0.25, 0.3) is 0 Å². The lowest BCUT2D eigenvalue weighted by molar-refractivity contribution is 0.00526. The van der Waals surface area contributed by atoms with Gasteiger partial charge in [0.2, 0.25) is 0 Å². The molecule has 0 fully saturated rings. The summed E-state index contributed by atoms with van der Waals surface area (Å²) in [4.78, 5) is 0. The van der Waals surface area contributed by atoms with E-state index >= 15 is 0 Å². The maximum atomic E-state index is 9.03. The number of hydrogen-bond donors (Lipinski definition) is 2. The van der Waals surface area contributed by atoms with Crippen molar-refractivity contribution in [2.24, 2.45) is 0 Å². The Bertz CT molecular complexity index is 139. The van der Waals surface area contributed by atoms with E-state index in [9.17, 15) is 0 Å². The van der Waals surface area contributed by atoms with Crippen molar-refractivity contribution in [3.05, 3.63) is 0 Å². The standard InChI is InChI=1S/C14H30O3/c1-2-3-4-5-6-7-8-9-10-11-17-13-14(16)12-15/h14-16H,2-13H2,1H3/t14-/m0/s1. The Morgan fingerprint density at radius 3 is 1.94 bits per heavy atom. The first kappa shape index (κ1) is 16.9. The highest BCUT2D eigenvalue weighted by atomic mass is 16.5. The molecular weight excluding hydrogens is 216 g/mol. The molecule has 0 aliphatic rings. The van der Waals surface area contributed by atoms with Gasteiger partial charge in [0.25, 0.3) is 0 Å². The van der Waals surface area contributed by atoms with E-state index < -0.39 is 6.10 Å². The molecule has 0 heterocycles. The Kier molecular flexibility index (Phi) is 13.8. The predicted molar refractivity (Wildman–Crippen MR) is 71.1 cm³/mol. The second kappa shape index (κ2) is 13.9. The van der Waals surface area contributed by atoms with Crippen LogP contribution in [0.3, 0.4) is 0 Å². The fourth-order valence-electron chi connectivity index (χ4n) is 1.79. The normalized spacial score (nSPS) is 12.9. The van der Waals surface area contributed by atoms with Crippen LogP contribution >= 0.6 is 0 Å². The van der Waals surface area contributed by atoms with Crippen molar-refractivity contribution in [3.63, 3.8) is 0 Å². The van der Waals surface area contributed by atoms with E-state index in [-0.39, 0.29) is 13.2 Å². The number of rotatable bonds is 13. The van der Waals surface area contributed by atoms with Crippen LogP contribution in [-0.4, -0.2) is 36.1 Å². The van der Waals surface area contributed by atoms with Crippen molar-refractivity contribution >= 4 is 0 Å². The fraction of sp³-hybridized carbons (Fsp3) is 1.00. The third-order valence-electron chi connectivity index (χ3n) is 2.91. The molecule has 0 aliphatic heterocycles. The highest BCUT2D eigenvalue weighted by Gasteiger charge is 2.00. The first-order valence-corrected chi connectivity index (χ1v) is 7.18. The van der Waals surface area contributed by atoms with E-state index in [4.69, 9.17) is 14.9 Å². The molecule has 0 saturated heterocycles. The van der Waals surface area contributed by atoms with Crippen molar-refractivity contribution in [2.75, 3.05) is 19.8 Å². The Morgan fingerprint density at radius 2 is 1.41 bits per heavy atom. The van der Waals surface area contributed by atoms with Gasteiger partial charge in [-0.05, 0) is 6.42 Å². The van der Waals surface area contributed by atoms with Gasteiger partial charge in [-0.2, -0.15) is 0 Å². The molecule has 0 amide bonds. The second-order valence-corrected chi connectivity index (χ2v) is 4.74. The molecule has 0 aromatic carbocycles. The summed E-state index contributed by atoms with van der Waals surface area (Å²) in [6.45, 7) is 2.99. The summed E-state index contributed by atoms with van der Waals surface area (Å²) in [5.41, 5.74) is 0. The lowest BCUT2D eigenvalue weighted by Gasteiger charge is -2.07. The maximum absolute atomic E-state index is 9.03. The van der Waals surface area contributed by atoms with Gasteiger partial charge in [0.05, 0.1) is 13.2 Å². The molecule has 0 spiro atoms. The summed E-state index contributed by atoms with van der Waals surface area (Å²) in [6.07, 6.45) is 11.0. The summed E-state index contributed by atoms with van der Waals surface area (Å²) in [5.74, 6) is 0. The van der Waals surface area contributed by atoms with E-state index in [1.54, 1.807) is 0 Å². The zero-order valence-corrected chi connectivity index (χ0v) is 11.4. The highest BCUT2D eigenvalue weighted by Crippen LogP contribution is 2.09. The van der Waals surface area contributed by atoms with E-state index in [0.29, 0.717) is 6.61 Å². The van der Waals surface area contributed by atoms with E-state index in [0.717, 1.165) is 6.42 Å². The number of aliphatic hydroxyl groups is 2. The van der Waals surface area contributed by atoms with Crippen molar-refractivity contribution < 1.29 is 14.9 Å². The molecule has 3 heteroatoms. The fourth-order valence-corrected chi connectivity index (χ4v) is 1.79. The number of ether oxygens (including phenoxy) is 1. The van der Waals surface area contributed by atoms with Crippen LogP contribution in [0.2, 0.25) is 0 Å². The minimum absolute atomic E-state index is 0.211. The van der Waals surface area contributed by atoms with E-state index in [1.807, 2.05) is 0 Å². The quantitative estimate of drug-likeness (QED) is 0.491. The van der Waals surface area contributed by atoms with Gasteiger partial charge in [-0.3, -0.25) is 0 Å². The lowest BCUT2D eigenvalue weighted by Crippen LogP contribution is -2.19. The Balaban J connectivity index is 2.94. The summed E-state index contributed by atoms with van der Waals surface area (Å²) in [6, 6.07) is 0. The molecule has 17 heavy (non-hydrogen) atoms. The second-order valence-electron chi connectivity index (χ2n) is 4.74. The van der Waals surface area contributed by atoms with Crippen molar-refractivity contribution in [3.8, 4) is 0 Å². The van der Waals surface area contributed by atoms with Gasteiger partial charge in [0.1, 0.15) is 6.10 Å². The molecular formula is C14H30O3. The summed E-state index contributed by atoms with van der Waals surface area (Å²) >= 11 is 0. The Morgan fingerprint density at radius 1 is 0.882 bits per heavy atom. The number of unbranched alkanes of at least 4 members (excludes halogenated alkanes) is 8. The summed E-state index contributed by atoms with van der Waals surface area (Å²) < 4.78 is 5.24. The maximum Gasteiger partial charge on any atom is 0.100 e. The zero-order valence-electron chi connectivity index (χ0n) is 11.4. The SMILES string of the molecule is CCCCCCCCCCCOC[C@@H](O)CO. The minimum atomic E-state index is -0.714. The lowest BCUT2D eigenvalue weighted by atomic mass is 10.1. The molecule has 2 N–H and O–H groups in total. The predicted octanol–water partition coefficient (Wildman–Crippen LogP) is 2.89. The first-order valence-electron chi connectivity index (χ1n) is 7.18. The van der Waals surface area contributed by atoms with Gasteiger partial charge in [-0.1, -0.05) is 58.3 Å². The van der Waals surface area contributed by atoms with Crippen molar-refractivity contribution in [1.82, 2.24) is 0 Å². The van der Waals surface area contributed by atoms with Crippen LogP contribution in [0.4, 0.5) is 0 Å². The summed E-state index contributed by atoms with van der Waals surface area (Å²) in [5, 5.41) is 17.6. The van der Waals surface area contributed by atoms with Gasteiger partial charge in [-0.25, -0.2) is 0 Å². The van der Waals surface area contributed by atoms with Gasteiger partial charge >= 0.3 is 0 Å². The monoisotopic (exact) mass is 246 g/mol. The molecule has 0 unspecified atom stereocenters. The minimum Gasteiger partial charge on any atom is -0.394 e. The van der Waals surface area contributed by atoms with Crippen LogP contribution in [0.1, 0.15) is 64.7 Å². The van der Waals surface area contributed by atoms with Gasteiger partial charge in [0.15, 0.2) is 0 Å². The van der Waals surface area contributed by atoms with E-state index in [2.05, 4.69) is 6.92 Å². The number of aliphatic hydroxyl groups excluding tert-OH is 2. The third-order valence-corrected chi connectivity index (χ3v) is 2.91. The molecule has 1 atom stereocenters. The van der Waals surface area contributed by atoms with Crippen molar-refractivity contribution in [1.29, 1.82) is 0 Å². The molecule has 0 bridgehead atoms. The topological polar surface area (TPSA) is 49.7 Å². The number of hydrogen-bond acceptors (Lipinski definition) is 3. The Hall–Kier alpha value is -0.120. The van der Waals surface area contributed by atoms with Crippen LogP contribution in [0, 0.1) is 0 Å². The van der Waals surface area contributed by atoms with Crippen LogP contribution in [-0.2, 0) is 4.74 Å². The van der Waals surface area contributed by atoms with Gasteiger partial charge < -0.3 is 14.9 Å². The summed E-state index contributed by atoms with van der Waals surface area (Å²) in [7, 11) is 0. The average Bonchev–Trinajstić information content (AvgIpc) is 2.35. The smallest absolute Gasteiger partial charge is 0.100 e. The molecule has 0 rings (SSSR count). The zero-order chi connectivity index (χ0) is 12.8. The Labute approximate surface area is 106 Å². The molecule has 0 radical (unpaired) electrons. The van der Waals surface area contributed by atoms with Crippen molar-refractivity contribution in [2.45, 2.75) is 70.8 Å². The van der Waals surface area contributed by atoms with Gasteiger partial charge in [-0.15, -0.1) is 0 Å². The van der Waals surface area contributed by atoms with Crippen LogP contribution in [0.5, 0.6) is 0 Å². The van der Waals surface area contributed by atoms with E-state index in [1.165, 1.54) is 51.4 Å². The van der Waals surface area contributed by atoms with Crippen LogP contribution < -0.4 is 0 Å². The van der Waals surface area contributed by atoms with Crippen LogP contribution in [0.15, 0.2) is 0 Å². The molecule has 0 saturated carbocycles. The molecule has 104 valence electrons. The molecule has 3 nitrogen and oxygen atoms in total. The first-order chi connectivity index (χ1) is 8.31. The van der Waals surface area contributed by atoms with Gasteiger partial charge in [0, 0.05) is 6.61 Å².